The van der Waals surface area contributed by atoms with Crippen LogP contribution in [0.1, 0.15) is 54.9 Å². The molecule has 0 radical (unpaired) electrons. The first-order valence-corrected chi connectivity index (χ1v) is 7.58. The number of nitrogens with zero attached hydrogens (tertiary/aromatic N) is 2. The van der Waals surface area contributed by atoms with Gasteiger partial charge in [-0.1, -0.05) is 35.5 Å². The van der Waals surface area contributed by atoms with Gasteiger partial charge in [0.2, 0.25) is 5.89 Å². The van der Waals surface area contributed by atoms with Crippen LogP contribution in [0.5, 0.6) is 0 Å². The monoisotopic (exact) mass is 287 g/mol. The van der Waals surface area contributed by atoms with E-state index in [1.54, 1.807) is 0 Å². The Bertz CT molecular complexity index is 552. The zero-order valence-corrected chi connectivity index (χ0v) is 12.0. The molecule has 1 aliphatic rings. The molecule has 0 bridgehead atoms. The normalized spacial score (nSPS) is 16.0. The summed E-state index contributed by atoms with van der Waals surface area (Å²) in [6.07, 6.45) is 4.00. The van der Waals surface area contributed by atoms with Gasteiger partial charge in [0.15, 0.2) is 5.82 Å². The summed E-state index contributed by atoms with van der Waals surface area (Å²) >= 11 is 0. The summed E-state index contributed by atoms with van der Waals surface area (Å²) in [7, 11) is 0. The van der Waals surface area contributed by atoms with Crippen molar-refractivity contribution < 1.29 is 9.63 Å². The van der Waals surface area contributed by atoms with E-state index >= 15 is 0 Å². The van der Waals surface area contributed by atoms with Gasteiger partial charge in [0.1, 0.15) is 0 Å². The van der Waals surface area contributed by atoms with Gasteiger partial charge >= 0.3 is 0 Å². The zero-order chi connectivity index (χ0) is 14.5. The molecule has 1 aliphatic carbocycles. The van der Waals surface area contributed by atoms with Gasteiger partial charge in [0, 0.05) is 18.6 Å². The van der Waals surface area contributed by atoms with Crippen LogP contribution >= 0.6 is 0 Å². The molecular formula is C16H21N3O2. The van der Waals surface area contributed by atoms with Crippen LogP contribution in [0.4, 0.5) is 0 Å². The number of aliphatic hydroxyl groups is 1. The van der Waals surface area contributed by atoms with Gasteiger partial charge in [-0.2, -0.15) is 4.98 Å². The largest absolute Gasteiger partial charge is 0.396 e. The Morgan fingerprint density at radius 2 is 2.10 bits per heavy atom. The van der Waals surface area contributed by atoms with Crippen molar-refractivity contribution in [1.29, 1.82) is 0 Å². The third-order valence-corrected chi connectivity index (χ3v) is 3.78. The first-order valence-electron chi connectivity index (χ1n) is 7.58. The maximum atomic E-state index is 9.05. The lowest BCUT2D eigenvalue weighted by Gasteiger charge is -2.17. The first-order chi connectivity index (χ1) is 10.4. The molecule has 0 saturated heterocycles. The highest BCUT2D eigenvalue weighted by Gasteiger charge is 2.28. The van der Waals surface area contributed by atoms with Gasteiger partial charge in [0.05, 0.1) is 6.54 Å². The second kappa shape index (κ2) is 6.83. The summed E-state index contributed by atoms with van der Waals surface area (Å²) in [6.45, 7) is 0.766. The van der Waals surface area contributed by atoms with Crippen molar-refractivity contribution in [2.24, 2.45) is 0 Å². The molecule has 0 aliphatic heterocycles. The van der Waals surface area contributed by atoms with Crippen LogP contribution in [-0.2, 0) is 6.54 Å². The molecular weight excluding hydrogens is 266 g/mol. The van der Waals surface area contributed by atoms with E-state index in [4.69, 9.17) is 9.63 Å². The lowest BCUT2D eigenvalue weighted by atomic mass is 10.0. The van der Waals surface area contributed by atoms with E-state index in [9.17, 15) is 0 Å². The fraction of sp³-hybridized carbons (Fsp3) is 0.500. The summed E-state index contributed by atoms with van der Waals surface area (Å²) in [5, 5.41) is 16.5. The zero-order valence-electron chi connectivity index (χ0n) is 12.0. The maximum Gasteiger partial charge on any atom is 0.240 e. The van der Waals surface area contributed by atoms with Gasteiger partial charge in [-0.05, 0) is 31.2 Å². The fourth-order valence-corrected chi connectivity index (χ4v) is 2.43. The lowest BCUT2D eigenvalue weighted by molar-refractivity contribution is 0.272. The van der Waals surface area contributed by atoms with Gasteiger partial charge in [0.25, 0.3) is 0 Å². The summed E-state index contributed by atoms with van der Waals surface area (Å²) in [4.78, 5) is 4.43. The van der Waals surface area contributed by atoms with Crippen molar-refractivity contribution in [3.63, 3.8) is 0 Å². The number of hydrogen-bond donors (Lipinski definition) is 2. The average Bonchev–Trinajstić information content (AvgIpc) is 3.27. The molecule has 2 N–H and O–H groups in total. The van der Waals surface area contributed by atoms with Crippen molar-refractivity contribution in [1.82, 2.24) is 15.5 Å². The number of rotatable bonds is 8. The number of aliphatic hydroxyl groups excluding tert-OH is 1. The summed E-state index contributed by atoms with van der Waals surface area (Å²) in [6, 6.07) is 10.4. The molecule has 1 atom stereocenters. The smallest absolute Gasteiger partial charge is 0.240 e. The van der Waals surface area contributed by atoms with Gasteiger partial charge in [-0.25, -0.2) is 0 Å². The molecule has 21 heavy (non-hydrogen) atoms. The molecule has 1 fully saturated rings. The Balaban J connectivity index is 1.60. The number of hydrogen-bond acceptors (Lipinski definition) is 5. The van der Waals surface area contributed by atoms with Gasteiger partial charge in [-0.15, -0.1) is 0 Å². The van der Waals surface area contributed by atoms with E-state index < -0.39 is 0 Å². The molecule has 0 amide bonds. The quantitative estimate of drug-likeness (QED) is 0.780. The Labute approximate surface area is 124 Å². The van der Waals surface area contributed by atoms with Gasteiger partial charge in [-0.3, -0.25) is 0 Å². The highest BCUT2D eigenvalue weighted by Crippen LogP contribution is 2.38. The summed E-state index contributed by atoms with van der Waals surface area (Å²) < 4.78 is 5.28. The van der Waals surface area contributed by atoms with Crippen LogP contribution in [0.3, 0.4) is 0 Å². The third kappa shape index (κ3) is 3.89. The Hall–Kier alpha value is -1.72. The average molecular weight is 287 g/mol. The molecule has 1 aromatic carbocycles. The Kier molecular flexibility index (Phi) is 4.62. The van der Waals surface area contributed by atoms with Crippen molar-refractivity contribution >= 4 is 0 Å². The predicted octanol–water partition coefficient (Wildman–Crippen LogP) is 2.55. The SMILES string of the molecule is OCCCC(NCc1nc(C2CC2)no1)c1ccccc1. The van der Waals surface area contributed by atoms with E-state index in [0.717, 1.165) is 18.7 Å². The molecule has 1 unspecified atom stereocenters. The minimum atomic E-state index is 0.189. The van der Waals surface area contributed by atoms with Crippen molar-refractivity contribution in [2.45, 2.75) is 44.2 Å². The van der Waals surface area contributed by atoms with Crippen molar-refractivity contribution in [2.75, 3.05) is 6.61 Å². The summed E-state index contributed by atoms with van der Waals surface area (Å²) in [5.74, 6) is 2.00. The van der Waals surface area contributed by atoms with E-state index in [1.165, 1.54) is 18.4 Å². The van der Waals surface area contributed by atoms with Gasteiger partial charge < -0.3 is 14.9 Å². The van der Waals surface area contributed by atoms with Crippen molar-refractivity contribution in [3.05, 3.63) is 47.6 Å². The highest BCUT2D eigenvalue weighted by atomic mass is 16.5. The van der Waals surface area contributed by atoms with E-state index in [1.807, 2.05) is 18.2 Å². The molecule has 112 valence electrons. The molecule has 0 spiro atoms. The molecule has 5 nitrogen and oxygen atoms in total. The number of nitrogens with one attached hydrogen (secondary N) is 1. The fourth-order valence-electron chi connectivity index (χ4n) is 2.43. The Morgan fingerprint density at radius 3 is 2.81 bits per heavy atom. The molecule has 3 rings (SSSR count). The second-order valence-corrected chi connectivity index (χ2v) is 5.53. The minimum Gasteiger partial charge on any atom is -0.396 e. The number of benzene rings is 1. The topological polar surface area (TPSA) is 71.2 Å². The predicted molar refractivity (Wildman–Crippen MR) is 78.6 cm³/mol. The molecule has 1 heterocycles. The number of aromatic nitrogens is 2. The van der Waals surface area contributed by atoms with Crippen LogP contribution in [0.2, 0.25) is 0 Å². The van der Waals surface area contributed by atoms with E-state index in [-0.39, 0.29) is 12.6 Å². The minimum absolute atomic E-state index is 0.189. The first kappa shape index (κ1) is 14.2. The Morgan fingerprint density at radius 1 is 1.29 bits per heavy atom. The van der Waals surface area contributed by atoms with Crippen LogP contribution in [0, 0.1) is 0 Å². The summed E-state index contributed by atoms with van der Waals surface area (Å²) in [5.41, 5.74) is 1.22. The molecule has 5 heteroatoms. The second-order valence-electron chi connectivity index (χ2n) is 5.53. The molecule has 1 aromatic heterocycles. The van der Waals surface area contributed by atoms with E-state index in [2.05, 4.69) is 27.6 Å². The molecule has 1 saturated carbocycles. The van der Waals surface area contributed by atoms with Crippen LogP contribution in [0.15, 0.2) is 34.9 Å². The standard InChI is InChI=1S/C16H21N3O2/c20-10-4-7-14(12-5-2-1-3-6-12)17-11-15-18-16(19-21-15)13-8-9-13/h1-3,5-6,13-14,17,20H,4,7-11H2. The molecule has 2 aromatic rings. The van der Waals surface area contributed by atoms with E-state index in [0.29, 0.717) is 18.4 Å². The van der Waals surface area contributed by atoms with Crippen LogP contribution in [0.25, 0.3) is 0 Å². The highest BCUT2D eigenvalue weighted by molar-refractivity contribution is 5.18. The van der Waals surface area contributed by atoms with Crippen LogP contribution < -0.4 is 5.32 Å². The van der Waals surface area contributed by atoms with Crippen molar-refractivity contribution in [3.8, 4) is 0 Å². The maximum absolute atomic E-state index is 9.05. The lowest BCUT2D eigenvalue weighted by Crippen LogP contribution is -2.21. The van der Waals surface area contributed by atoms with Crippen LogP contribution in [-0.4, -0.2) is 21.9 Å². The third-order valence-electron chi connectivity index (χ3n) is 3.78.